The van der Waals surface area contributed by atoms with Gasteiger partial charge >= 0.3 is 0 Å². The van der Waals surface area contributed by atoms with E-state index in [1.807, 2.05) is 19.1 Å². The van der Waals surface area contributed by atoms with Crippen molar-refractivity contribution in [2.75, 3.05) is 25.0 Å². The first kappa shape index (κ1) is 11.6. The van der Waals surface area contributed by atoms with E-state index in [-0.39, 0.29) is 0 Å². The summed E-state index contributed by atoms with van der Waals surface area (Å²) in [4.78, 5) is 4.46. The molecule has 1 aromatic heterocycles. The molecular weight excluding hydrogens is 266 g/mol. The molecule has 0 radical (unpaired) electrons. The molecule has 86 valence electrons. The van der Waals surface area contributed by atoms with Gasteiger partial charge in [-0.25, -0.2) is 4.98 Å². The van der Waals surface area contributed by atoms with E-state index in [9.17, 15) is 0 Å². The summed E-state index contributed by atoms with van der Waals surface area (Å²) in [5, 5.41) is 6.66. The van der Waals surface area contributed by atoms with Gasteiger partial charge in [-0.3, -0.25) is 0 Å². The van der Waals surface area contributed by atoms with E-state index in [0.717, 1.165) is 42.0 Å². The molecule has 3 nitrogen and oxygen atoms in total. The Morgan fingerprint density at radius 1 is 1.50 bits per heavy atom. The molecule has 0 unspecified atom stereocenters. The number of aromatic nitrogens is 1. The molecule has 0 saturated heterocycles. The second-order valence-electron chi connectivity index (χ2n) is 3.93. The minimum atomic E-state index is 0.899. The molecule has 0 spiro atoms. The summed E-state index contributed by atoms with van der Waals surface area (Å²) in [5.74, 6) is 0.945. The standard InChI is InChI=1S/C12H16BrN3/c1-9-11(13)2-3-12(16-9)15-8-10-4-6-14-7-5-10/h2-4,14H,5-8H2,1H3,(H,15,16). The second-order valence-corrected chi connectivity index (χ2v) is 4.79. The highest BCUT2D eigenvalue weighted by Crippen LogP contribution is 2.16. The van der Waals surface area contributed by atoms with Gasteiger partial charge in [-0.2, -0.15) is 0 Å². The van der Waals surface area contributed by atoms with E-state index in [0.29, 0.717) is 0 Å². The molecule has 4 heteroatoms. The first-order valence-corrected chi connectivity index (χ1v) is 6.30. The van der Waals surface area contributed by atoms with Crippen molar-refractivity contribution in [1.29, 1.82) is 0 Å². The second kappa shape index (κ2) is 5.46. The highest BCUT2D eigenvalue weighted by molar-refractivity contribution is 9.10. The van der Waals surface area contributed by atoms with Crippen LogP contribution in [0.15, 0.2) is 28.3 Å². The van der Waals surface area contributed by atoms with Crippen LogP contribution in [0.2, 0.25) is 0 Å². The van der Waals surface area contributed by atoms with Crippen molar-refractivity contribution in [3.05, 3.63) is 33.9 Å². The lowest BCUT2D eigenvalue weighted by molar-refractivity contribution is 0.697. The Morgan fingerprint density at radius 3 is 3.06 bits per heavy atom. The van der Waals surface area contributed by atoms with Crippen LogP contribution in [0, 0.1) is 6.92 Å². The van der Waals surface area contributed by atoms with Gasteiger partial charge in [0.1, 0.15) is 5.82 Å². The maximum atomic E-state index is 4.46. The lowest BCUT2D eigenvalue weighted by Gasteiger charge is -2.15. The molecular formula is C12H16BrN3. The Hall–Kier alpha value is -0.870. The van der Waals surface area contributed by atoms with Gasteiger partial charge in [0.25, 0.3) is 0 Å². The summed E-state index contributed by atoms with van der Waals surface area (Å²) < 4.78 is 1.05. The lowest BCUT2D eigenvalue weighted by Crippen LogP contribution is -2.23. The lowest BCUT2D eigenvalue weighted by atomic mass is 10.1. The van der Waals surface area contributed by atoms with Gasteiger partial charge in [-0.1, -0.05) is 11.6 Å². The highest BCUT2D eigenvalue weighted by Gasteiger charge is 2.03. The Balaban J connectivity index is 1.94. The van der Waals surface area contributed by atoms with E-state index in [1.165, 1.54) is 5.57 Å². The fraction of sp³-hybridized carbons (Fsp3) is 0.417. The van der Waals surface area contributed by atoms with Crippen molar-refractivity contribution >= 4 is 21.7 Å². The maximum absolute atomic E-state index is 4.46. The molecule has 0 atom stereocenters. The third-order valence-corrected chi connectivity index (χ3v) is 3.51. The van der Waals surface area contributed by atoms with Gasteiger partial charge in [0.05, 0.1) is 5.69 Å². The number of hydrogen-bond acceptors (Lipinski definition) is 3. The average molecular weight is 282 g/mol. The fourth-order valence-corrected chi connectivity index (χ4v) is 1.90. The fourth-order valence-electron chi connectivity index (χ4n) is 1.68. The van der Waals surface area contributed by atoms with Crippen LogP contribution in [0.5, 0.6) is 0 Å². The van der Waals surface area contributed by atoms with Crippen LogP contribution < -0.4 is 10.6 Å². The van der Waals surface area contributed by atoms with Gasteiger partial charge in [-0.15, -0.1) is 0 Å². The van der Waals surface area contributed by atoms with Crippen molar-refractivity contribution in [2.45, 2.75) is 13.3 Å². The van der Waals surface area contributed by atoms with Crippen LogP contribution in [0.1, 0.15) is 12.1 Å². The van der Waals surface area contributed by atoms with Gasteiger partial charge in [0.2, 0.25) is 0 Å². The van der Waals surface area contributed by atoms with Crippen molar-refractivity contribution in [1.82, 2.24) is 10.3 Å². The van der Waals surface area contributed by atoms with Crippen molar-refractivity contribution in [3.63, 3.8) is 0 Å². The summed E-state index contributed by atoms with van der Waals surface area (Å²) >= 11 is 3.45. The first-order chi connectivity index (χ1) is 7.75. The van der Waals surface area contributed by atoms with Crippen LogP contribution in [-0.4, -0.2) is 24.6 Å². The number of anilines is 1. The minimum absolute atomic E-state index is 0.899. The van der Waals surface area contributed by atoms with Crippen LogP contribution >= 0.6 is 15.9 Å². The molecule has 16 heavy (non-hydrogen) atoms. The van der Waals surface area contributed by atoms with E-state index >= 15 is 0 Å². The summed E-state index contributed by atoms with van der Waals surface area (Å²) in [7, 11) is 0. The zero-order valence-electron chi connectivity index (χ0n) is 9.39. The van der Waals surface area contributed by atoms with Gasteiger partial charge in [-0.05, 0) is 48.0 Å². The number of hydrogen-bond donors (Lipinski definition) is 2. The number of halogens is 1. The molecule has 2 heterocycles. The zero-order valence-corrected chi connectivity index (χ0v) is 11.0. The molecule has 2 rings (SSSR count). The average Bonchev–Trinajstić information content (AvgIpc) is 2.32. The molecule has 0 amide bonds. The third kappa shape index (κ3) is 3.06. The Kier molecular flexibility index (Phi) is 3.96. The van der Waals surface area contributed by atoms with Crippen molar-refractivity contribution in [3.8, 4) is 0 Å². The van der Waals surface area contributed by atoms with Crippen molar-refractivity contribution < 1.29 is 0 Å². The molecule has 1 aliphatic heterocycles. The van der Waals surface area contributed by atoms with Crippen LogP contribution in [-0.2, 0) is 0 Å². The summed E-state index contributed by atoms with van der Waals surface area (Å²) in [6.45, 7) is 4.97. The Bertz CT molecular complexity index is 401. The highest BCUT2D eigenvalue weighted by atomic mass is 79.9. The minimum Gasteiger partial charge on any atom is -0.366 e. The number of rotatable bonds is 3. The van der Waals surface area contributed by atoms with Crippen LogP contribution in [0.25, 0.3) is 0 Å². The Morgan fingerprint density at radius 2 is 2.38 bits per heavy atom. The predicted molar refractivity (Wildman–Crippen MR) is 70.7 cm³/mol. The smallest absolute Gasteiger partial charge is 0.126 e. The van der Waals surface area contributed by atoms with Crippen LogP contribution in [0.4, 0.5) is 5.82 Å². The van der Waals surface area contributed by atoms with E-state index in [1.54, 1.807) is 0 Å². The van der Waals surface area contributed by atoms with E-state index < -0.39 is 0 Å². The molecule has 0 saturated carbocycles. The Labute approximate surface area is 104 Å². The predicted octanol–water partition coefficient (Wildman–Crippen LogP) is 2.48. The molecule has 1 aromatic rings. The van der Waals surface area contributed by atoms with Crippen LogP contribution in [0.3, 0.4) is 0 Å². The quantitative estimate of drug-likeness (QED) is 0.836. The SMILES string of the molecule is Cc1nc(NCC2=CCNCC2)ccc1Br. The normalized spacial score (nSPS) is 15.8. The number of pyridine rings is 1. The van der Waals surface area contributed by atoms with Gasteiger partial charge in [0, 0.05) is 17.6 Å². The molecule has 0 bridgehead atoms. The monoisotopic (exact) mass is 281 g/mol. The summed E-state index contributed by atoms with van der Waals surface area (Å²) in [6, 6.07) is 4.03. The molecule has 0 aromatic carbocycles. The molecule has 1 aliphatic rings. The zero-order chi connectivity index (χ0) is 11.4. The van der Waals surface area contributed by atoms with Gasteiger partial charge in [0.15, 0.2) is 0 Å². The molecule has 0 fully saturated rings. The van der Waals surface area contributed by atoms with Gasteiger partial charge < -0.3 is 10.6 Å². The largest absolute Gasteiger partial charge is 0.366 e. The number of nitrogens with one attached hydrogen (secondary N) is 2. The molecule has 2 N–H and O–H groups in total. The summed E-state index contributed by atoms with van der Waals surface area (Å²) in [6.07, 6.45) is 3.38. The maximum Gasteiger partial charge on any atom is 0.126 e. The first-order valence-electron chi connectivity index (χ1n) is 5.51. The van der Waals surface area contributed by atoms with Crippen molar-refractivity contribution in [2.24, 2.45) is 0 Å². The number of aryl methyl sites for hydroxylation is 1. The van der Waals surface area contributed by atoms with E-state index in [4.69, 9.17) is 0 Å². The summed E-state index contributed by atoms with van der Waals surface area (Å²) in [5.41, 5.74) is 2.48. The van der Waals surface area contributed by atoms with E-state index in [2.05, 4.69) is 37.6 Å². The topological polar surface area (TPSA) is 37.0 Å². The number of nitrogens with zero attached hydrogens (tertiary/aromatic N) is 1. The third-order valence-electron chi connectivity index (χ3n) is 2.68. The molecule has 0 aliphatic carbocycles.